The van der Waals surface area contributed by atoms with Crippen LogP contribution in [0.4, 0.5) is 0 Å². The van der Waals surface area contributed by atoms with Gasteiger partial charge in [-0.3, -0.25) is 0 Å². The first kappa shape index (κ1) is 11.9. The van der Waals surface area contributed by atoms with E-state index >= 15 is 0 Å². The van der Waals surface area contributed by atoms with E-state index in [1.54, 1.807) is 0 Å². The van der Waals surface area contributed by atoms with E-state index in [1.165, 1.54) is 0 Å². The maximum absolute atomic E-state index is 9.74. The molecule has 6 nitrogen and oxygen atoms in total. The predicted molar refractivity (Wildman–Crippen MR) is 59.9 cm³/mol. The molecule has 0 spiro atoms. The summed E-state index contributed by atoms with van der Waals surface area (Å²) in [6, 6.07) is 9.02. The molecule has 0 aromatic heterocycles. The molecule has 1 aliphatic rings. The molecule has 1 aliphatic heterocycles. The quantitative estimate of drug-likeness (QED) is 0.488. The van der Waals surface area contributed by atoms with Crippen LogP contribution in [0.15, 0.2) is 35.4 Å². The van der Waals surface area contributed by atoms with Gasteiger partial charge in [0.25, 0.3) is 0 Å². The summed E-state index contributed by atoms with van der Waals surface area (Å²) in [5.74, 6) is 0. The molecule has 1 heterocycles. The summed E-state index contributed by atoms with van der Waals surface area (Å²) in [6.07, 6.45) is -1.64. The number of benzene rings is 1. The highest BCUT2D eigenvalue weighted by atomic mass is 16.7. The predicted octanol–water partition coefficient (Wildman–Crippen LogP) is 1.60. The Bertz CT molecular complexity index is 406. The van der Waals surface area contributed by atoms with E-state index < -0.39 is 18.4 Å². The molecule has 3 atom stereocenters. The molecule has 1 fully saturated rings. The number of azide groups is 1. The molecule has 0 radical (unpaired) electrons. The molecule has 17 heavy (non-hydrogen) atoms. The normalized spacial score (nSPS) is 27.7. The van der Waals surface area contributed by atoms with Crippen LogP contribution in [0.5, 0.6) is 0 Å². The Morgan fingerprint density at radius 3 is 2.94 bits per heavy atom. The summed E-state index contributed by atoms with van der Waals surface area (Å²) < 4.78 is 10.6. The Morgan fingerprint density at radius 2 is 2.24 bits per heavy atom. The van der Waals surface area contributed by atoms with Crippen LogP contribution in [0.25, 0.3) is 10.4 Å². The Hall–Kier alpha value is -1.59. The van der Waals surface area contributed by atoms with E-state index in [0.717, 1.165) is 5.56 Å². The van der Waals surface area contributed by atoms with Gasteiger partial charge in [-0.15, -0.1) is 0 Å². The van der Waals surface area contributed by atoms with Crippen LogP contribution in [0.2, 0.25) is 0 Å². The number of aliphatic hydroxyl groups excluding tert-OH is 1. The molecule has 1 saturated heterocycles. The van der Waals surface area contributed by atoms with Crippen molar-refractivity contribution in [3.8, 4) is 0 Å². The van der Waals surface area contributed by atoms with Gasteiger partial charge in [-0.1, -0.05) is 35.4 Å². The first-order chi connectivity index (χ1) is 8.31. The number of ether oxygens (including phenoxy) is 2. The van der Waals surface area contributed by atoms with Crippen LogP contribution in [-0.4, -0.2) is 30.1 Å². The van der Waals surface area contributed by atoms with Crippen molar-refractivity contribution in [1.29, 1.82) is 0 Å². The summed E-state index contributed by atoms with van der Waals surface area (Å²) in [4.78, 5) is 2.65. The van der Waals surface area contributed by atoms with Gasteiger partial charge in [-0.25, -0.2) is 0 Å². The lowest BCUT2D eigenvalue weighted by molar-refractivity contribution is -0.157. The number of rotatable bonds is 4. The van der Waals surface area contributed by atoms with Crippen molar-refractivity contribution >= 4 is 0 Å². The first-order valence-electron chi connectivity index (χ1n) is 5.30. The minimum atomic E-state index is -0.908. The van der Waals surface area contributed by atoms with E-state index in [9.17, 15) is 5.11 Å². The lowest BCUT2D eigenvalue weighted by Gasteiger charge is -2.15. The topological polar surface area (TPSA) is 87.5 Å². The van der Waals surface area contributed by atoms with Gasteiger partial charge in [0.15, 0.2) is 6.29 Å². The third kappa shape index (κ3) is 2.95. The number of hydrogen-bond acceptors (Lipinski definition) is 4. The van der Waals surface area contributed by atoms with E-state index in [4.69, 9.17) is 15.0 Å². The average Bonchev–Trinajstić information content (AvgIpc) is 2.70. The maximum atomic E-state index is 9.74. The Labute approximate surface area is 98.4 Å². The van der Waals surface area contributed by atoms with Gasteiger partial charge in [0, 0.05) is 4.91 Å². The molecule has 0 unspecified atom stereocenters. The first-order valence-corrected chi connectivity index (χ1v) is 5.30. The van der Waals surface area contributed by atoms with Crippen LogP contribution in [0.1, 0.15) is 5.56 Å². The highest BCUT2D eigenvalue weighted by Gasteiger charge is 2.35. The molecular formula is C11H13N3O3. The van der Waals surface area contributed by atoms with Crippen LogP contribution < -0.4 is 0 Å². The van der Waals surface area contributed by atoms with Gasteiger partial charge in [0.2, 0.25) is 0 Å². The monoisotopic (exact) mass is 235 g/mol. The zero-order chi connectivity index (χ0) is 12.1. The summed E-state index contributed by atoms with van der Waals surface area (Å²) in [7, 11) is 0. The van der Waals surface area contributed by atoms with Gasteiger partial charge < -0.3 is 14.6 Å². The van der Waals surface area contributed by atoms with Crippen LogP contribution in [0, 0.1) is 0 Å². The third-order valence-corrected chi connectivity index (χ3v) is 2.56. The summed E-state index contributed by atoms with van der Waals surface area (Å²) in [5.41, 5.74) is 9.29. The van der Waals surface area contributed by atoms with Crippen LogP contribution >= 0.6 is 0 Å². The van der Waals surface area contributed by atoms with Gasteiger partial charge >= 0.3 is 0 Å². The minimum Gasteiger partial charge on any atom is -0.387 e. The standard InChI is InChI=1S/C11H13N3O3/c12-14-13-9-7-17-11(10(9)15)16-6-8-4-2-1-3-5-8/h1-5,9-11,15H,6-7H2/t9-,10+,11-/m1/s1. The second-order valence-electron chi connectivity index (χ2n) is 3.76. The molecule has 0 bridgehead atoms. The van der Waals surface area contributed by atoms with Crippen molar-refractivity contribution in [2.75, 3.05) is 6.61 Å². The fraction of sp³-hybridized carbons (Fsp3) is 0.455. The van der Waals surface area contributed by atoms with Crippen molar-refractivity contribution < 1.29 is 14.6 Å². The highest BCUT2D eigenvalue weighted by Crippen LogP contribution is 2.19. The largest absolute Gasteiger partial charge is 0.387 e. The van der Waals surface area contributed by atoms with Crippen LogP contribution in [-0.2, 0) is 16.1 Å². The molecule has 0 aliphatic carbocycles. The van der Waals surface area contributed by atoms with E-state index in [0.29, 0.717) is 6.61 Å². The fourth-order valence-corrected chi connectivity index (χ4v) is 1.64. The maximum Gasteiger partial charge on any atom is 0.184 e. The molecule has 6 heteroatoms. The van der Waals surface area contributed by atoms with Gasteiger partial charge in [0.1, 0.15) is 6.10 Å². The zero-order valence-electron chi connectivity index (χ0n) is 9.14. The van der Waals surface area contributed by atoms with Crippen molar-refractivity contribution in [2.45, 2.75) is 25.0 Å². The zero-order valence-corrected chi connectivity index (χ0v) is 9.14. The molecule has 1 N–H and O–H groups in total. The molecule has 0 amide bonds. The number of aliphatic hydroxyl groups is 1. The van der Waals surface area contributed by atoms with Gasteiger partial charge in [-0.05, 0) is 11.1 Å². The lowest BCUT2D eigenvalue weighted by atomic mass is 10.2. The lowest BCUT2D eigenvalue weighted by Crippen LogP contribution is -2.30. The smallest absolute Gasteiger partial charge is 0.184 e. The molecule has 1 aromatic carbocycles. The summed E-state index contributed by atoms with van der Waals surface area (Å²) in [6.45, 7) is 0.538. The number of nitrogens with zero attached hydrogens (tertiary/aromatic N) is 3. The Kier molecular flexibility index (Phi) is 3.95. The summed E-state index contributed by atoms with van der Waals surface area (Å²) >= 11 is 0. The Balaban J connectivity index is 1.87. The van der Waals surface area contributed by atoms with Crippen molar-refractivity contribution in [3.63, 3.8) is 0 Å². The second-order valence-corrected chi connectivity index (χ2v) is 3.76. The molecule has 90 valence electrons. The third-order valence-electron chi connectivity index (χ3n) is 2.56. The molecule has 0 saturated carbocycles. The highest BCUT2D eigenvalue weighted by molar-refractivity contribution is 5.13. The van der Waals surface area contributed by atoms with Gasteiger partial charge in [-0.2, -0.15) is 0 Å². The average molecular weight is 235 g/mol. The van der Waals surface area contributed by atoms with Crippen molar-refractivity contribution in [3.05, 3.63) is 46.3 Å². The second kappa shape index (κ2) is 5.65. The van der Waals surface area contributed by atoms with E-state index in [1.807, 2.05) is 30.3 Å². The number of hydrogen-bond donors (Lipinski definition) is 1. The summed E-state index contributed by atoms with van der Waals surface area (Å²) in [5, 5.41) is 13.2. The molecule has 1 aromatic rings. The minimum absolute atomic E-state index is 0.185. The van der Waals surface area contributed by atoms with Gasteiger partial charge in [0.05, 0.1) is 19.3 Å². The molecule has 2 rings (SSSR count). The van der Waals surface area contributed by atoms with Crippen LogP contribution in [0.3, 0.4) is 0 Å². The van der Waals surface area contributed by atoms with E-state index in [2.05, 4.69) is 10.0 Å². The Morgan fingerprint density at radius 1 is 1.47 bits per heavy atom. The fourth-order valence-electron chi connectivity index (χ4n) is 1.64. The molecular weight excluding hydrogens is 222 g/mol. The van der Waals surface area contributed by atoms with E-state index in [-0.39, 0.29) is 6.61 Å². The SMILES string of the molecule is [N-]=[N+]=N[C@@H]1CO[C@@H](OCc2ccccc2)[C@H]1O. The van der Waals surface area contributed by atoms with Crippen molar-refractivity contribution in [2.24, 2.45) is 5.11 Å². The van der Waals surface area contributed by atoms with Crippen molar-refractivity contribution in [1.82, 2.24) is 0 Å².